The minimum absolute atomic E-state index is 0. The van der Waals surface area contributed by atoms with Crippen molar-refractivity contribution in [2.24, 2.45) is 0 Å². The molecular weight excluding hydrogens is 517 g/mol. The smallest absolute Gasteiger partial charge is 0.333 e. The fourth-order valence-electron chi connectivity index (χ4n) is 3.71. The van der Waals surface area contributed by atoms with E-state index < -0.39 is 33.8 Å². The van der Waals surface area contributed by atoms with Crippen molar-refractivity contribution in [3.05, 3.63) is 12.2 Å². The predicted molar refractivity (Wildman–Crippen MR) is 176 cm³/mol. The van der Waals surface area contributed by atoms with Crippen LogP contribution >= 0.6 is 0 Å². The molecule has 0 aliphatic rings. The van der Waals surface area contributed by atoms with E-state index in [9.17, 15) is 4.79 Å². The topological polar surface area (TPSA) is 54.0 Å². The molecule has 0 radical (unpaired) electrons. The second kappa shape index (κ2) is 21.8. The second-order valence-electron chi connectivity index (χ2n) is 11.0. The Morgan fingerprint density at radius 1 is 0.639 bits per heavy atom. The molecule has 0 bridgehead atoms. The Morgan fingerprint density at radius 2 is 1.03 bits per heavy atom. The summed E-state index contributed by atoms with van der Waals surface area (Å²) in [6, 6.07) is 1.93. The summed E-state index contributed by atoms with van der Waals surface area (Å²) in [5.74, 6) is -0.315. The van der Waals surface area contributed by atoms with Gasteiger partial charge in [0, 0.05) is 5.57 Å². The molecule has 224 valence electrons. The largest absolute Gasteiger partial charge is 0.462 e. The van der Waals surface area contributed by atoms with Gasteiger partial charge in [-0.25, -0.2) is 4.79 Å². The van der Waals surface area contributed by atoms with Crippen molar-refractivity contribution < 1.29 is 21.9 Å². The molecule has 9 heteroatoms. The molecule has 0 saturated heterocycles. The second-order valence-corrected chi connectivity index (χ2v) is 27.4. The summed E-state index contributed by atoms with van der Waals surface area (Å²) < 4.78 is 25.7. The number of ether oxygens (including phenoxy) is 1. The average Bonchev–Trinajstić information content (AvgIpc) is 2.54. The first-order valence-corrected chi connectivity index (χ1v) is 23.8. The van der Waals surface area contributed by atoms with Crippen molar-refractivity contribution in [3.63, 3.8) is 0 Å². The summed E-state index contributed by atoms with van der Waals surface area (Å²) in [7, 11) is -8.29. The summed E-state index contributed by atoms with van der Waals surface area (Å²) in [6.45, 7) is 25.9. The molecule has 0 aliphatic carbocycles. The van der Waals surface area contributed by atoms with Gasteiger partial charge in [0.1, 0.15) is 0 Å². The Morgan fingerprint density at radius 3 is 1.36 bits per heavy atom. The first kappa shape index (κ1) is 49.0. The summed E-state index contributed by atoms with van der Waals surface area (Å²) in [5.41, 5.74) is 0.443. The fraction of sp³-hybridized carbons (Fsp3) is 0.889. The molecule has 0 aromatic rings. The molecule has 5 nitrogen and oxygen atoms in total. The third kappa shape index (κ3) is 25.6. The SMILES string of the molecule is C.C.C.C.C.C=C(C)C(=O)OCCCC[Si](C)(O[Si](C)(C)C)O[Si](C)(CCCCCC)O[Si](C)(C)C. The maximum absolute atomic E-state index is 11.6. The van der Waals surface area contributed by atoms with Gasteiger partial charge in [-0.05, 0) is 84.2 Å². The van der Waals surface area contributed by atoms with Gasteiger partial charge in [-0.3, -0.25) is 0 Å². The van der Waals surface area contributed by atoms with Crippen LogP contribution in [-0.2, 0) is 21.9 Å². The Bertz CT molecular complexity index is 561. The number of carbonyl (C=O) groups excluding carboxylic acids is 1. The van der Waals surface area contributed by atoms with Gasteiger partial charge in [0.2, 0.25) is 0 Å². The van der Waals surface area contributed by atoms with Crippen LogP contribution in [0.4, 0.5) is 0 Å². The number of hydrogen-bond acceptors (Lipinski definition) is 5. The van der Waals surface area contributed by atoms with Crippen LogP contribution in [0.15, 0.2) is 12.2 Å². The van der Waals surface area contributed by atoms with Crippen molar-refractivity contribution in [3.8, 4) is 0 Å². The van der Waals surface area contributed by atoms with E-state index in [2.05, 4.69) is 65.9 Å². The zero-order valence-corrected chi connectivity index (χ0v) is 26.1. The molecule has 36 heavy (non-hydrogen) atoms. The Kier molecular flexibility index (Phi) is 29.7. The van der Waals surface area contributed by atoms with Crippen molar-refractivity contribution in [1.29, 1.82) is 0 Å². The Balaban J connectivity index is -0.000000450. The highest BCUT2D eigenvalue weighted by molar-refractivity contribution is 6.89. The van der Waals surface area contributed by atoms with Crippen LogP contribution < -0.4 is 0 Å². The van der Waals surface area contributed by atoms with Crippen LogP contribution in [-0.4, -0.2) is 46.3 Å². The van der Waals surface area contributed by atoms with Crippen LogP contribution in [0, 0.1) is 0 Å². The minimum Gasteiger partial charge on any atom is -0.462 e. The van der Waals surface area contributed by atoms with Crippen molar-refractivity contribution in [2.45, 2.75) is 154 Å². The fourth-order valence-corrected chi connectivity index (χ4v) is 22.2. The Labute approximate surface area is 233 Å². The molecule has 0 fully saturated rings. The highest BCUT2D eigenvalue weighted by Crippen LogP contribution is 2.31. The number of esters is 1. The van der Waals surface area contributed by atoms with Crippen LogP contribution in [0.5, 0.6) is 0 Å². The van der Waals surface area contributed by atoms with E-state index in [-0.39, 0.29) is 43.1 Å². The van der Waals surface area contributed by atoms with Crippen molar-refractivity contribution in [2.75, 3.05) is 6.61 Å². The zero-order valence-electron chi connectivity index (χ0n) is 22.1. The van der Waals surface area contributed by atoms with E-state index in [0.29, 0.717) is 12.2 Å². The van der Waals surface area contributed by atoms with E-state index in [1.165, 1.54) is 19.3 Å². The molecule has 0 N–H and O–H groups in total. The van der Waals surface area contributed by atoms with Gasteiger partial charge in [-0.2, -0.15) is 0 Å². The van der Waals surface area contributed by atoms with Crippen LogP contribution in [0.25, 0.3) is 0 Å². The number of hydrogen-bond donors (Lipinski definition) is 0. The van der Waals surface area contributed by atoms with Crippen molar-refractivity contribution >= 4 is 39.7 Å². The molecule has 2 atom stereocenters. The molecule has 0 rings (SSSR count). The lowest BCUT2D eigenvalue weighted by atomic mass is 10.2. The van der Waals surface area contributed by atoms with Gasteiger partial charge >= 0.3 is 23.1 Å². The van der Waals surface area contributed by atoms with Gasteiger partial charge in [0.25, 0.3) is 0 Å². The molecule has 0 aromatic heterocycles. The average molecular weight is 587 g/mol. The molecule has 0 aromatic carbocycles. The van der Waals surface area contributed by atoms with Gasteiger partial charge < -0.3 is 17.1 Å². The predicted octanol–water partition coefficient (Wildman–Crippen LogP) is 10.5. The Hall–Kier alpha value is -0.0425. The molecule has 0 saturated carbocycles. The van der Waals surface area contributed by atoms with E-state index in [0.717, 1.165) is 31.4 Å². The first-order valence-electron chi connectivity index (χ1n) is 11.9. The third-order valence-electron chi connectivity index (χ3n) is 4.57. The van der Waals surface area contributed by atoms with Crippen molar-refractivity contribution in [1.82, 2.24) is 0 Å². The number of rotatable bonds is 17. The number of carbonyl (C=O) groups is 1. The van der Waals surface area contributed by atoms with E-state index in [1.54, 1.807) is 6.92 Å². The standard InChI is InChI=1S/C22H50O5Si4.5CH4/c1-12-13-14-16-19-30(10,25-28(4,5)6)27-31(11,26-29(7,8)9)20-17-15-18-24-22(23)21(2)3;;;;;/h2,12-20H2,1,3-11H3;5*1H4. The normalized spacial score (nSPS) is 14.2. The van der Waals surface area contributed by atoms with Gasteiger partial charge in [-0.1, -0.05) is 76.3 Å². The lowest BCUT2D eigenvalue weighted by molar-refractivity contribution is -0.139. The molecule has 2 unspecified atom stereocenters. The highest BCUT2D eigenvalue weighted by Gasteiger charge is 2.46. The minimum atomic E-state index is -2.42. The maximum atomic E-state index is 11.6. The molecular formula is C27H70O5Si4. The first-order chi connectivity index (χ1) is 14.0. The monoisotopic (exact) mass is 586 g/mol. The highest BCUT2D eigenvalue weighted by atomic mass is 28.5. The van der Waals surface area contributed by atoms with Crippen LogP contribution in [0.3, 0.4) is 0 Å². The third-order valence-corrected chi connectivity index (χ3v) is 18.9. The summed E-state index contributed by atoms with van der Waals surface area (Å²) in [4.78, 5) is 11.6. The van der Waals surface area contributed by atoms with Crippen LogP contribution in [0.1, 0.15) is 89.5 Å². The maximum Gasteiger partial charge on any atom is 0.333 e. The quantitative estimate of drug-likeness (QED) is 0.0734. The lowest BCUT2D eigenvalue weighted by Crippen LogP contribution is -2.58. The molecule has 0 amide bonds. The summed E-state index contributed by atoms with van der Waals surface area (Å²) >= 11 is 0. The zero-order chi connectivity index (χ0) is 24.3. The van der Waals surface area contributed by atoms with Gasteiger partial charge in [-0.15, -0.1) is 0 Å². The van der Waals surface area contributed by atoms with Gasteiger partial charge in [0.15, 0.2) is 16.6 Å². The molecule has 0 spiro atoms. The van der Waals surface area contributed by atoms with Gasteiger partial charge in [0.05, 0.1) is 6.61 Å². The van der Waals surface area contributed by atoms with Crippen LogP contribution in [0.2, 0.25) is 64.5 Å². The van der Waals surface area contributed by atoms with E-state index in [1.807, 2.05) is 0 Å². The number of unbranched alkanes of at least 4 members (excludes halogenated alkanes) is 4. The molecule has 0 aliphatic heterocycles. The summed E-state index contributed by atoms with van der Waals surface area (Å²) in [5, 5.41) is 0. The van der Waals surface area contributed by atoms with E-state index in [4.69, 9.17) is 17.1 Å². The summed E-state index contributed by atoms with van der Waals surface area (Å²) in [6.07, 6.45) is 6.62. The molecule has 0 heterocycles. The van der Waals surface area contributed by atoms with E-state index >= 15 is 0 Å². The lowest BCUT2D eigenvalue weighted by Gasteiger charge is -2.43.